The maximum absolute atomic E-state index is 12.6. The van der Waals surface area contributed by atoms with Gasteiger partial charge in [0.1, 0.15) is 6.04 Å². The largest absolute Gasteiger partial charge is 0.469 e. The summed E-state index contributed by atoms with van der Waals surface area (Å²) in [6, 6.07) is 11.9. The van der Waals surface area contributed by atoms with E-state index in [1.807, 2.05) is 0 Å². The molecular formula is C21H22N2O8. The van der Waals surface area contributed by atoms with Crippen molar-refractivity contribution >= 4 is 23.5 Å². The zero-order valence-corrected chi connectivity index (χ0v) is 16.9. The molecule has 2 aromatic rings. The van der Waals surface area contributed by atoms with E-state index in [1.54, 1.807) is 30.3 Å². The van der Waals surface area contributed by atoms with Crippen LogP contribution in [0.1, 0.15) is 29.6 Å². The van der Waals surface area contributed by atoms with Crippen LogP contribution in [0.3, 0.4) is 0 Å². The van der Waals surface area contributed by atoms with E-state index < -0.39 is 40.8 Å². The normalized spacial score (nSPS) is 13.4. The summed E-state index contributed by atoms with van der Waals surface area (Å²) in [4.78, 5) is 47.4. The highest BCUT2D eigenvalue weighted by Gasteiger charge is 2.35. The Morgan fingerprint density at radius 1 is 1.00 bits per heavy atom. The summed E-state index contributed by atoms with van der Waals surface area (Å²) in [5.74, 6) is -3.37. The third-order valence-electron chi connectivity index (χ3n) is 4.67. The summed E-state index contributed by atoms with van der Waals surface area (Å²) in [6.45, 7) is 0. The number of hydrogen-bond donors (Lipinski definition) is 2. The molecule has 0 bridgehead atoms. The summed E-state index contributed by atoms with van der Waals surface area (Å²) in [7, 11) is 2.28. The molecule has 0 aliphatic carbocycles. The Kier molecular flexibility index (Phi) is 8.21. The number of methoxy groups -OCH3 is 2. The first kappa shape index (κ1) is 23.5. The number of ether oxygens (including phenoxy) is 2. The maximum atomic E-state index is 12.6. The average molecular weight is 430 g/mol. The molecule has 0 saturated carbocycles. The first-order valence-corrected chi connectivity index (χ1v) is 9.20. The molecule has 2 aromatic carbocycles. The van der Waals surface area contributed by atoms with Crippen LogP contribution < -0.4 is 5.32 Å². The highest BCUT2D eigenvalue weighted by Crippen LogP contribution is 2.28. The second-order valence-electron chi connectivity index (χ2n) is 6.56. The highest BCUT2D eigenvalue weighted by atomic mass is 16.6. The van der Waals surface area contributed by atoms with Crippen LogP contribution in [0.15, 0.2) is 54.6 Å². The van der Waals surface area contributed by atoms with Gasteiger partial charge in [0.25, 0.3) is 11.6 Å². The molecular weight excluding hydrogens is 408 g/mol. The number of carbonyl (C=O) groups is 3. The van der Waals surface area contributed by atoms with Gasteiger partial charge in [-0.3, -0.25) is 19.7 Å². The second-order valence-corrected chi connectivity index (χ2v) is 6.56. The van der Waals surface area contributed by atoms with Gasteiger partial charge in [0.05, 0.1) is 25.6 Å². The van der Waals surface area contributed by atoms with Crippen LogP contribution in [0.5, 0.6) is 0 Å². The fraction of sp³-hybridized carbons (Fsp3) is 0.286. The van der Waals surface area contributed by atoms with Gasteiger partial charge >= 0.3 is 11.9 Å². The molecule has 0 saturated heterocycles. The molecule has 0 heterocycles. The van der Waals surface area contributed by atoms with Crippen molar-refractivity contribution in [1.29, 1.82) is 0 Å². The van der Waals surface area contributed by atoms with Crippen molar-refractivity contribution in [3.63, 3.8) is 0 Å². The molecule has 3 atom stereocenters. The van der Waals surface area contributed by atoms with Crippen molar-refractivity contribution < 1.29 is 33.9 Å². The van der Waals surface area contributed by atoms with Crippen LogP contribution in [-0.2, 0) is 23.9 Å². The number of non-ortho nitro benzene ring substituents is 1. The number of nitro benzene ring substituents is 1. The molecule has 0 aromatic heterocycles. The van der Waals surface area contributed by atoms with Crippen molar-refractivity contribution in [2.24, 2.45) is 0 Å². The van der Waals surface area contributed by atoms with E-state index in [2.05, 4.69) is 10.1 Å². The molecule has 0 aliphatic heterocycles. The van der Waals surface area contributed by atoms with Crippen molar-refractivity contribution in [1.82, 2.24) is 5.32 Å². The SMILES string of the molecule is COC(=O)C[C@H](c1ccc([N+](=O)[O-])cc1)[C@H](NC(=O)[C@@H](O)c1ccccc1)C(=O)OC. The van der Waals surface area contributed by atoms with Crippen LogP contribution in [-0.4, -0.2) is 48.1 Å². The second kappa shape index (κ2) is 10.8. The fourth-order valence-corrected chi connectivity index (χ4v) is 3.00. The molecule has 0 aliphatic rings. The van der Waals surface area contributed by atoms with Gasteiger partial charge in [0.2, 0.25) is 0 Å². The molecule has 10 heteroatoms. The van der Waals surface area contributed by atoms with Crippen LogP contribution >= 0.6 is 0 Å². The monoisotopic (exact) mass is 430 g/mol. The van der Waals surface area contributed by atoms with Gasteiger partial charge in [-0.2, -0.15) is 0 Å². The molecule has 164 valence electrons. The number of esters is 2. The number of nitrogens with zero attached hydrogens (tertiary/aromatic N) is 1. The molecule has 0 unspecified atom stereocenters. The minimum atomic E-state index is -1.57. The minimum absolute atomic E-state index is 0.182. The Labute approximate surface area is 177 Å². The molecule has 31 heavy (non-hydrogen) atoms. The third kappa shape index (κ3) is 6.09. The van der Waals surface area contributed by atoms with Gasteiger partial charge in [0.15, 0.2) is 6.10 Å². The molecule has 0 spiro atoms. The third-order valence-corrected chi connectivity index (χ3v) is 4.67. The van der Waals surface area contributed by atoms with E-state index in [0.29, 0.717) is 11.1 Å². The summed E-state index contributed by atoms with van der Waals surface area (Å²) >= 11 is 0. The zero-order valence-electron chi connectivity index (χ0n) is 16.9. The van der Waals surface area contributed by atoms with Crippen molar-refractivity contribution in [3.05, 3.63) is 75.8 Å². The van der Waals surface area contributed by atoms with E-state index in [0.717, 1.165) is 7.11 Å². The number of nitro groups is 1. The smallest absolute Gasteiger partial charge is 0.329 e. The van der Waals surface area contributed by atoms with Gasteiger partial charge in [-0.15, -0.1) is 0 Å². The van der Waals surface area contributed by atoms with Crippen molar-refractivity contribution in [2.75, 3.05) is 14.2 Å². The van der Waals surface area contributed by atoms with Gasteiger partial charge in [-0.05, 0) is 11.1 Å². The number of nitrogens with one attached hydrogen (secondary N) is 1. The topological polar surface area (TPSA) is 145 Å². The number of rotatable bonds is 9. The van der Waals surface area contributed by atoms with Gasteiger partial charge < -0.3 is 19.9 Å². The first-order chi connectivity index (χ1) is 14.8. The lowest BCUT2D eigenvalue weighted by Crippen LogP contribution is -2.47. The predicted molar refractivity (Wildman–Crippen MR) is 108 cm³/mol. The zero-order chi connectivity index (χ0) is 23.0. The fourth-order valence-electron chi connectivity index (χ4n) is 3.00. The van der Waals surface area contributed by atoms with Crippen molar-refractivity contribution in [3.8, 4) is 0 Å². The van der Waals surface area contributed by atoms with E-state index in [1.165, 1.54) is 31.4 Å². The molecule has 0 radical (unpaired) electrons. The maximum Gasteiger partial charge on any atom is 0.329 e. The standard InChI is InChI=1S/C21H22N2O8/c1-30-17(24)12-16(13-8-10-15(11-9-13)23(28)29)18(21(27)31-2)22-20(26)19(25)14-6-4-3-5-7-14/h3-11,16,18-19,25H,12H2,1-2H3,(H,22,26)/t16-,18+,19+/m1/s1. The van der Waals surface area contributed by atoms with Gasteiger partial charge in [-0.1, -0.05) is 42.5 Å². The lowest BCUT2D eigenvalue weighted by molar-refractivity contribution is -0.384. The Morgan fingerprint density at radius 3 is 2.13 bits per heavy atom. The average Bonchev–Trinajstić information content (AvgIpc) is 2.80. The summed E-state index contributed by atoms with van der Waals surface area (Å²) in [6.07, 6.45) is -1.89. The Hall–Kier alpha value is -3.79. The van der Waals surface area contributed by atoms with Crippen LogP contribution in [0.2, 0.25) is 0 Å². The van der Waals surface area contributed by atoms with Gasteiger partial charge in [0, 0.05) is 18.1 Å². The summed E-state index contributed by atoms with van der Waals surface area (Å²) in [5.41, 5.74) is 0.489. The lowest BCUT2D eigenvalue weighted by Gasteiger charge is -2.26. The van der Waals surface area contributed by atoms with Crippen molar-refractivity contribution in [2.45, 2.75) is 24.5 Å². The predicted octanol–water partition coefficient (Wildman–Crippen LogP) is 1.63. The number of carbonyl (C=O) groups excluding carboxylic acids is 3. The van der Waals surface area contributed by atoms with E-state index in [-0.39, 0.29) is 12.1 Å². The summed E-state index contributed by atoms with van der Waals surface area (Å²) < 4.78 is 9.47. The Balaban J connectivity index is 2.38. The Morgan fingerprint density at radius 2 is 1.61 bits per heavy atom. The highest BCUT2D eigenvalue weighted by molar-refractivity contribution is 5.88. The molecule has 10 nitrogen and oxygen atoms in total. The molecule has 2 N–H and O–H groups in total. The number of benzene rings is 2. The van der Waals surface area contributed by atoms with E-state index in [4.69, 9.17) is 4.74 Å². The minimum Gasteiger partial charge on any atom is -0.469 e. The van der Waals surface area contributed by atoms with Gasteiger partial charge in [-0.25, -0.2) is 4.79 Å². The molecule has 2 rings (SSSR count). The van der Waals surface area contributed by atoms with E-state index >= 15 is 0 Å². The number of aliphatic hydroxyl groups is 1. The molecule has 0 fully saturated rings. The quantitative estimate of drug-likeness (QED) is 0.347. The molecule has 1 amide bonds. The van der Waals surface area contributed by atoms with Crippen LogP contribution in [0.4, 0.5) is 5.69 Å². The number of hydrogen-bond acceptors (Lipinski definition) is 8. The Bertz CT molecular complexity index is 930. The first-order valence-electron chi connectivity index (χ1n) is 9.20. The lowest BCUT2D eigenvalue weighted by atomic mass is 9.88. The van der Waals surface area contributed by atoms with Crippen LogP contribution in [0, 0.1) is 10.1 Å². The number of amides is 1. The number of aliphatic hydroxyl groups excluding tert-OH is 1. The van der Waals surface area contributed by atoms with E-state index in [9.17, 15) is 29.6 Å². The summed E-state index contributed by atoms with van der Waals surface area (Å²) in [5, 5.41) is 23.7. The van der Waals surface area contributed by atoms with Crippen LogP contribution in [0.25, 0.3) is 0 Å².